The van der Waals surface area contributed by atoms with Gasteiger partial charge in [0.05, 0.1) is 10.7 Å². The number of carbonyl (C=O) groups excluding carboxylic acids is 1. The fourth-order valence-electron chi connectivity index (χ4n) is 2.18. The molecule has 0 fully saturated rings. The molecule has 0 aliphatic carbocycles. The predicted molar refractivity (Wildman–Crippen MR) is 99.0 cm³/mol. The molecule has 3 rings (SSSR count). The molecule has 8 nitrogen and oxygen atoms in total. The van der Waals surface area contributed by atoms with Crippen LogP contribution in [0, 0.1) is 17.0 Å². The summed E-state index contributed by atoms with van der Waals surface area (Å²) in [6.07, 6.45) is 0. The molecule has 1 amide bonds. The summed E-state index contributed by atoms with van der Waals surface area (Å²) in [6.45, 7) is 2.01. The van der Waals surface area contributed by atoms with Crippen LogP contribution in [0.5, 0.6) is 0 Å². The molecule has 2 N–H and O–H groups in total. The van der Waals surface area contributed by atoms with Crippen molar-refractivity contribution in [2.75, 3.05) is 11.1 Å². The van der Waals surface area contributed by atoms with E-state index < -0.39 is 4.92 Å². The lowest BCUT2D eigenvalue weighted by atomic mass is 10.1. The van der Waals surface area contributed by atoms with E-state index in [-0.39, 0.29) is 17.3 Å². The molecule has 132 valence electrons. The average Bonchev–Trinajstić information content (AvgIpc) is 3.10. The molecule has 3 aromatic rings. The zero-order valence-corrected chi connectivity index (χ0v) is 14.6. The summed E-state index contributed by atoms with van der Waals surface area (Å²) >= 11 is 1.18. The maximum atomic E-state index is 12.0. The van der Waals surface area contributed by atoms with E-state index in [2.05, 4.69) is 20.5 Å². The predicted octanol–water partition coefficient (Wildman–Crippen LogP) is 3.42. The summed E-state index contributed by atoms with van der Waals surface area (Å²) < 4.78 is 0. The normalized spacial score (nSPS) is 10.5. The molecule has 0 atom stereocenters. The third-order valence-corrected chi connectivity index (χ3v) is 4.31. The Labute approximate surface area is 153 Å². The van der Waals surface area contributed by atoms with Crippen molar-refractivity contribution in [2.45, 2.75) is 12.1 Å². The summed E-state index contributed by atoms with van der Waals surface area (Å²) in [5.41, 5.74) is 2.36. The van der Waals surface area contributed by atoms with Crippen LogP contribution >= 0.6 is 11.8 Å². The molecule has 26 heavy (non-hydrogen) atoms. The average molecular weight is 369 g/mol. The zero-order chi connectivity index (χ0) is 18.5. The van der Waals surface area contributed by atoms with Gasteiger partial charge in [-0.15, -0.1) is 5.10 Å². The fraction of sp³-hybridized carbons (Fsp3) is 0.118. The van der Waals surface area contributed by atoms with Crippen LogP contribution < -0.4 is 5.32 Å². The van der Waals surface area contributed by atoms with Gasteiger partial charge in [-0.3, -0.25) is 20.0 Å². The van der Waals surface area contributed by atoms with Gasteiger partial charge < -0.3 is 5.32 Å². The molecule has 0 radical (unpaired) electrons. The number of aryl methyl sites for hydroxylation is 1. The molecular formula is C17H15N5O3S. The van der Waals surface area contributed by atoms with Crippen LogP contribution in [-0.4, -0.2) is 31.8 Å². The highest BCUT2D eigenvalue weighted by Crippen LogP contribution is 2.21. The van der Waals surface area contributed by atoms with Gasteiger partial charge >= 0.3 is 0 Å². The van der Waals surface area contributed by atoms with Crippen LogP contribution in [0.4, 0.5) is 11.4 Å². The number of thioether (sulfide) groups is 1. The number of carbonyl (C=O) groups is 1. The first-order valence-corrected chi connectivity index (χ1v) is 8.66. The molecule has 0 aliphatic rings. The van der Waals surface area contributed by atoms with Gasteiger partial charge in [0.25, 0.3) is 5.69 Å². The minimum atomic E-state index is -0.509. The highest BCUT2D eigenvalue weighted by molar-refractivity contribution is 7.99. The van der Waals surface area contributed by atoms with E-state index in [0.29, 0.717) is 16.7 Å². The lowest BCUT2D eigenvalue weighted by Gasteiger charge is -2.03. The third kappa shape index (κ3) is 4.45. The summed E-state index contributed by atoms with van der Waals surface area (Å²) in [6, 6.07) is 13.6. The molecule has 0 spiro atoms. The van der Waals surface area contributed by atoms with Gasteiger partial charge in [-0.25, -0.2) is 4.98 Å². The maximum Gasteiger partial charge on any atom is 0.271 e. The summed E-state index contributed by atoms with van der Waals surface area (Å²) in [4.78, 5) is 26.6. The SMILES string of the molecule is Cc1ccc(-c2nc(SCC(=O)Nc3cccc([N+](=O)[O-])c3)n[nH]2)cc1. The molecule has 9 heteroatoms. The van der Waals surface area contributed by atoms with Crippen LogP contribution in [-0.2, 0) is 4.79 Å². The van der Waals surface area contributed by atoms with Gasteiger partial charge in [-0.1, -0.05) is 47.7 Å². The summed E-state index contributed by atoms with van der Waals surface area (Å²) in [5, 5.41) is 20.8. The standard InChI is InChI=1S/C17H15N5O3S/c1-11-5-7-12(8-6-11)16-19-17(21-20-16)26-10-15(23)18-13-3-2-4-14(9-13)22(24)25/h2-9H,10H2,1H3,(H,18,23)(H,19,20,21). The molecule has 0 saturated carbocycles. The summed E-state index contributed by atoms with van der Waals surface area (Å²) in [7, 11) is 0. The zero-order valence-electron chi connectivity index (χ0n) is 13.8. The number of H-pyrrole nitrogens is 1. The van der Waals surface area contributed by atoms with Gasteiger partial charge in [-0.2, -0.15) is 0 Å². The molecule has 1 aromatic heterocycles. The number of rotatable bonds is 6. The number of nitrogens with zero attached hydrogens (tertiary/aromatic N) is 3. The Hall–Kier alpha value is -3.20. The number of nitro groups is 1. The van der Waals surface area contributed by atoms with Crippen molar-refractivity contribution in [1.29, 1.82) is 0 Å². The molecule has 0 aliphatic heterocycles. The number of aromatic amines is 1. The number of benzene rings is 2. The minimum absolute atomic E-state index is 0.0767. The topological polar surface area (TPSA) is 114 Å². The summed E-state index contributed by atoms with van der Waals surface area (Å²) in [5.74, 6) is 0.428. The monoisotopic (exact) mass is 369 g/mol. The van der Waals surface area contributed by atoms with Crippen molar-refractivity contribution in [3.05, 3.63) is 64.2 Å². The second-order valence-electron chi connectivity index (χ2n) is 5.48. The van der Waals surface area contributed by atoms with E-state index in [4.69, 9.17) is 0 Å². The van der Waals surface area contributed by atoms with Crippen LogP contribution in [0.25, 0.3) is 11.4 Å². The number of aromatic nitrogens is 3. The lowest BCUT2D eigenvalue weighted by molar-refractivity contribution is -0.384. The third-order valence-electron chi connectivity index (χ3n) is 3.46. The van der Waals surface area contributed by atoms with Crippen molar-refractivity contribution in [2.24, 2.45) is 0 Å². The van der Waals surface area contributed by atoms with Crippen LogP contribution in [0.15, 0.2) is 53.7 Å². The van der Waals surface area contributed by atoms with Crippen molar-refractivity contribution >= 4 is 29.0 Å². The first-order chi connectivity index (χ1) is 12.5. The Bertz CT molecular complexity index is 940. The minimum Gasteiger partial charge on any atom is -0.325 e. The molecule has 0 saturated heterocycles. The van der Waals surface area contributed by atoms with Gasteiger partial charge in [0.15, 0.2) is 5.82 Å². The Balaban J connectivity index is 1.57. The number of anilines is 1. The van der Waals surface area contributed by atoms with Gasteiger partial charge in [-0.05, 0) is 13.0 Å². The fourth-order valence-corrected chi connectivity index (χ4v) is 2.77. The highest BCUT2D eigenvalue weighted by atomic mass is 32.2. The number of hydrogen-bond acceptors (Lipinski definition) is 6. The molecule has 0 unspecified atom stereocenters. The number of nitrogens with one attached hydrogen (secondary N) is 2. The highest BCUT2D eigenvalue weighted by Gasteiger charge is 2.11. The van der Waals surface area contributed by atoms with Gasteiger partial charge in [0.1, 0.15) is 0 Å². The van der Waals surface area contributed by atoms with E-state index in [9.17, 15) is 14.9 Å². The van der Waals surface area contributed by atoms with E-state index in [1.807, 2.05) is 31.2 Å². The molecule has 2 aromatic carbocycles. The number of hydrogen-bond donors (Lipinski definition) is 2. The van der Waals surface area contributed by atoms with Crippen molar-refractivity contribution < 1.29 is 9.72 Å². The van der Waals surface area contributed by atoms with E-state index in [1.165, 1.54) is 30.0 Å². The van der Waals surface area contributed by atoms with Crippen LogP contribution in [0.1, 0.15) is 5.56 Å². The Morgan fingerprint density at radius 2 is 2.04 bits per heavy atom. The van der Waals surface area contributed by atoms with Crippen LogP contribution in [0.3, 0.4) is 0 Å². The van der Waals surface area contributed by atoms with E-state index in [0.717, 1.165) is 11.1 Å². The number of nitro benzene ring substituents is 1. The largest absolute Gasteiger partial charge is 0.325 e. The molecular weight excluding hydrogens is 354 g/mol. The number of non-ortho nitro benzene ring substituents is 1. The van der Waals surface area contributed by atoms with Gasteiger partial charge in [0, 0.05) is 23.4 Å². The lowest BCUT2D eigenvalue weighted by Crippen LogP contribution is -2.14. The van der Waals surface area contributed by atoms with Crippen molar-refractivity contribution in [3.8, 4) is 11.4 Å². The smallest absolute Gasteiger partial charge is 0.271 e. The Kier molecular flexibility index (Phi) is 5.28. The van der Waals surface area contributed by atoms with Crippen LogP contribution in [0.2, 0.25) is 0 Å². The van der Waals surface area contributed by atoms with Gasteiger partial charge in [0.2, 0.25) is 11.1 Å². The second kappa shape index (κ2) is 7.79. The molecule has 1 heterocycles. The molecule has 0 bridgehead atoms. The van der Waals surface area contributed by atoms with Crippen molar-refractivity contribution in [3.63, 3.8) is 0 Å². The van der Waals surface area contributed by atoms with Crippen molar-refractivity contribution in [1.82, 2.24) is 15.2 Å². The first-order valence-electron chi connectivity index (χ1n) is 7.68. The number of amides is 1. The maximum absolute atomic E-state index is 12.0. The second-order valence-corrected chi connectivity index (χ2v) is 6.42. The van der Waals surface area contributed by atoms with E-state index >= 15 is 0 Å². The Morgan fingerprint density at radius 3 is 2.77 bits per heavy atom. The first kappa shape index (κ1) is 17.6. The van der Waals surface area contributed by atoms with E-state index in [1.54, 1.807) is 6.07 Å². The quantitative estimate of drug-likeness (QED) is 0.391. The Morgan fingerprint density at radius 1 is 1.27 bits per heavy atom.